The predicted molar refractivity (Wildman–Crippen MR) is 142 cm³/mol. The smallest absolute Gasteiger partial charge is 0.279 e. The van der Waals surface area contributed by atoms with Crippen LogP contribution >= 0.6 is 22.9 Å². The number of halogens is 1. The molecule has 0 bridgehead atoms. The third kappa shape index (κ3) is 4.71. The Balaban J connectivity index is 1.44. The fourth-order valence-electron chi connectivity index (χ4n) is 4.25. The van der Waals surface area contributed by atoms with Crippen LogP contribution in [0.3, 0.4) is 0 Å². The molecule has 0 fully saturated rings. The largest absolute Gasteiger partial charge is 0.380 e. The average Bonchev–Trinajstić information content (AvgIpc) is 3.46. The quantitative estimate of drug-likeness (QED) is 0.312. The number of amides is 1. The van der Waals surface area contributed by atoms with Gasteiger partial charge in [-0.15, -0.1) is 0 Å². The number of ether oxygens (including phenoxy) is 1. The van der Waals surface area contributed by atoms with E-state index >= 15 is 0 Å². The SMILES string of the molecule is CCOCCn1c(=NC(=O)c2ccc(S(=O)(=O)N3CCc4ccccc43)cc2)sc2cc(Cl)ccc21. The highest BCUT2D eigenvalue weighted by molar-refractivity contribution is 7.92. The number of aromatic nitrogens is 1. The molecule has 3 aromatic carbocycles. The standard InChI is InChI=1S/C26H24ClN3O4S2/c1-2-34-16-15-29-23-12-9-20(27)17-24(23)35-26(29)28-25(31)19-7-10-21(11-8-19)36(32,33)30-14-13-18-5-3-4-6-22(18)30/h3-12,17H,2,13-16H2,1H3. The van der Waals surface area contributed by atoms with E-state index in [2.05, 4.69) is 4.99 Å². The monoisotopic (exact) mass is 541 g/mol. The van der Waals surface area contributed by atoms with Crippen molar-refractivity contribution in [2.45, 2.75) is 24.8 Å². The van der Waals surface area contributed by atoms with Gasteiger partial charge in [-0.05, 0) is 67.4 Å². The van der Waals surface area contributed by atoms with Gasteiger partial charge in [-0.1, -0.05) is 41.1 Å². The van der Waals surface area contributed by atoms with Crippen molar-refractivity contribution in [3.8, 4) is 0 Å². The van der Waals surface area contributed by atoms with E-state index in [-0.39, 0.29) is 4.90 Å². The number of sulfonamides is 1. The first-order chi connectivity index (χ1) is 17.4. The van der Waals surface area contributed by atoms with E-state index in [0.717, 1.165) is 15.8 Å². The molecule has 0 radical (unpaired) electrons. The van der Waals surface area contributed by atoms with E-state index in [1.54, 1.807) is 6.07 Å². The van der Waals surface area contributed by atoms with Crippen LogP contribution in [0.15, 0.2) is 76.6 Å². The van der Waals surface area contributed by atoms with E-state index in [1.165, 1.54) is 39.9 Å². The van der Waals surface area contributed by atoms with E-state index in [1.807, 2.05) is 47.9 Å². The second-order valence-electron chi connectivity index (χ2n) is 8.24. The molecule has 0 atom stereocenters. The molecule has 0 aliphatic carbocycles. The van der Waals surface area contributed by atoms with Crippen LogP contribution in [-0.2, 0) is 27.7 Å². The molecule has 2 heterocycles. The summed E-state index contributed by atoms with van der Waals surface area (Å²) < 4.78 is 36.3. The van der Waals surface area contributed by atoms with Crippen molar-refractivity contribution >= 4 is 54.8 Å². The Kier molecular flexibility index (Phi) is 6.98. The van der Waals surface area contributed by atoms with Gasteiger partial charge in [-0.3, -0.25) is 9.10 Å². The number of carbonyl (C=O) groups is 1. The molecular weight excluding hydrogens is 518 g/mol. The zero-order chi connectivity index (χ0) is 25.3. The number of benzene rings is 3. The highest BCUT2D eigenvalue weighted by atomic mass is 35.5. The van der Waals surface area contributed by atoms with Gasteiger partial charge < -0.3 is 9.30 Å². The summed E-state index contributed by atoms with van der Waals surface area (Å²) in [6.45, 7) is 3.94. The molecule has 1 aliphatic heterocycles. The first-order valence-electron chi connectivity index (χ1n) is 11.5. The van der Waals surface area contributed by atoms with Crippen LogP contribution in [-0.4, -0.2) is 38.7 Å². The lowest BCUT2D eigenvalue weighted by Crippen LogP contribution is -2.29. The molecule has 4 aromatic rings. The van der Waals surface area contributed by atoms with Gasteiger partial charge in [0.2, 0.25) is 0 Å². The van der Waals surface area contributed by atoms with Crippen LogP contribution in [0.1, 0.15) is 22.8 Å². The fourth-order valence-corrected chi connectivity index (χ4v) is 7.09. The van der Waals surface area contributed by atoms with Gasteiger partial charge in [0.1, 0.15) is 0 Å². The van der Waals surface area contributed by atoms with Crippen LogP contribution < -0.4 is 9.11 Å². The van der Waals surface area contributed by atoms with Crippen LogP contribution in [0, 0.1) is 0 Å². The highest BCUT2D eigenvalue weighted by Gasteiger charge is 2.30. The van der Waals surface area contributed by atoms with Gasteiger partial charge in [0.15, 0.2) is 4.80 Å². The zero-order valence-corrected chi connectivity index (χ0v) is 21.9. The highest BCUT2D eigenvalue weighted by Crippen LogP contribution is 2.32. The lowest BCUT2D eigenvalue weighted by atomic mass is 10.2. The van der Waals surface area contributed by atoms with Gasteiger partial charge in [0.25, 0.3) is 15.9 Å². The minimum absolute atomic E-state index is 0.138. The summed E-state index contributed by atoms with van der Waals surface area (Å²) in [7, 11) is -3.73. The molecule has 10 heteroatoms. The summed E-state index contributed by atoms with van der Waals surface area (Å²) >= 11 is 7.53. The van der Waals surface area contributed by atoms with Crippen LogP contribution in [0.25, 0.3) is 10.2 Å². The summed E-state index contributed by atoms with van der Waals surface area (Å²) in [5.74, 6) is -0.451. The Morgan fingerprint density at radius 1 is 1.11 bits per heavy atom. The van der Waals surface area contributed by atoms with Crippen molar-refractivity contribution in [3.63, 3.8) is 0 Å². The number of hydrogen-bond acceptors (Lipinski definition) is 5. The molecule has 0 unspecified atom stereocenters. The van der Waals surface area contributed by atoms with Crippen LogP contribution in [0.4, 0.5) is 5.69 Å². The van der Waals surface area contributed by atoms with Crippen molar-refractivity contribution in [2.24, 2.45) is 4.99 Å². The summed E-state index contributed by atoms with van der Waals surface area (Å²) in [5, 5.41) is 0.607. The van der Waals surface area contributed by atoms with Gasteiger partial charge in [-0.2, -0.15) is 4.99 Å². The molecule has 1 aromatic heterocycles. The summed E-state index contributed by atoms with van der Waals surface area (Å²) in [4.78, 5) is 18.1. The maximum atomic E-state index is 13.3. The van der Waals surface area contributed by atoms with Gasteiger partial charge >= 0.3 is 0 Å². The van der Waals surface area contributed by atoms with E-state index in [9.17, 15) is 13.2 Å². The number of fused-ring (bicyclic) bond motifs is 2. The first-order valence-corrected chi connectivity index (χ1v) is 14.2. The number of rotatable bonds is 7. The Morgan fingerprint density at radius 3 is 2.67 bits per heavy atom. The Labute approximate surface area is 218 Å². The number of hydrogen-bond donors (Lipinski definition) is 0. The van der Waals surface area contributed by atoms with Crippen molar-refractivity contribution in [1.82, 2.24) is 4.57 Å². The average molecular weight is 542 g/mol. The number of thiazole rings is 1. The van der Waals surface area contributed by atoms with E-state index in [4.69, 9.17) is 16.3 Å². The maximum absolute atomic E-state index is 13.3. The molecule has 7 nitrogen and oxygen atoms in total. The second-order valence-corrected chi connectivity index (χ2v) is 11.6. The summed E-state index contributed by atoms with van der Waals surface area (Å²) in [6.07, 6.45) is 0.675. The van der Waals surface area contributed by atoms with E-state index in [0.29, 0.717) is 53.8 Å². The summed E-state index contributed by atoms with van der Waals surface area (Å²) in [5.41, 5.74) is 2.94. The minimum Gasteiger partial charge on any atom is -0.380 e. The van der Waals surface area contributed by atoms with Gasteiger partial charge in [0, 0.05) is 30.3 Å². The maximum Gasteiger partial charge on any atom is 0.279 e. The molecule has 36 heavy (non-hydrogen) atoms. The van der Waals surface area contributed by atoms with Gasteiger partial charge in [0.05, 0.1) is 27.4 Å². The number of carbonyl (C=O) groups excluding carboxylic acids is 1. The first kappa shape index (κ1) is 24.7. The molecule has 0 N–H and O–H groups in total. The van der Waals surface area contributed by atoms with E-state index < -0.39 is 15.9 Å². The minimum atomic E-state index is -3.73. The lowest BCUT2D eigenvalue weighted by molar-refractivity contribution is 0.0996. The molecular formula is C26H24ClN3O4S2. The predicted octanol–water partition coefficient (Wildman–Crippen LogP) is 4.89. The van der Waals surface area contributed by atoms with Crippen molar-refractivity contribution in [2.75, 3.05) is 24.1 Å². The molecule has 186 valence electrons. The van der Waals surface area contributed by atoms with Crippen molar-refractivity contribution in [1.29, 1.82) is 0 Å². The third-order valence-electron chi connectivity index (χ3n) is 6.04. The van der Waals surface area contributed by atoms with Crippen LogP contribution in [0.2, 0.25) is 5.02 Å². The molecule has 1 aliphatic rings. The molecule has 0 spiro atoms. The molecule has 0 saturated heterocycles. The molecule has 0 saturated carbocycles. The molecule has 1 amide bonds. The number of nitrogens with zero attached hydrogens (tertiary/aromatic N) is 3. The molecule has 5 rings (SSSR count). The summed E-state index contributed by atoms with van der Waals surface area (Å²) in [6, 6.07) is 19.0. The lowest BCUT2D eigenvalue weighted by Gasteiger charge is -2.19. The Morgan fingerprint density at radius 2 is 1.89 bits per heavy atom. The third-order valence-corrected chi connectivity index (χ3v) is 9.14. The number of anilines is 1. The Bertz CT molecular complexity index is 1610. The zero-order valence-electron chi connectivity index (χ0n) is 19.6. The van der Waals surface area contributed by atoms with Crippen molar-refractivity contribution in [3.05, 3.63) is 87.7 Å². The topological polar surface area (TPSA) is 81.0 Å². The van der Waals surface area contributed by atoms with Gasteiger partial charge in [-0.25, -0.2) is 8.42 Å². The van der Waals surface area contributed by atoms with Crippen LogP contribution in [0.5, 0.6) is 0 Å². The Hall–Kier alpha value is -2.98. The van der Waals surface area contributed by atoms with Crippen molar-refractivity contribution < 1.29 is 17.9 Å². The normalized spacial score (nSPS) is 13.9. The fraction of sp³-hybridized carbons (Fsp3) is 0.231. The number of para-hydroxylation sites is 1. The second kappa shape index (κ2) is 10.2.